The van der Waals surface area contributed by atoms with Gasteiger partial charge in [-0.25, -0.2) is 0 Å². The maximum absolute atomic E-state index is 14.6. The van der Waals surface area contributed by atoms with Crippen LogP contribution in [0.1, 0.15) is 94.0 Å². The van der Waals surface area contributed by atoms with Gasteiger partial charge in [0.15, 0.2) is 0 Å². The van der Waals surface area contributed by atoms with Crippen LogP contribution in [0, 0.1) is 17.2 Å². The number of ether oxygens (including phenoxy) is 2. The van der Waals surface area contributed by atoms with Crippen molar-refractivity contribution in [1.29, 1.82) is 5.26 Å². The average Bonchev–Trinajstić information content (AvgIpc) is 3.28. The molecule has 3 aromatic carbocycles. The first-order valence-corrected chi connectivity index (χ1v) is 22.2. The van der Waals surface area contributed by atoms with Crippen LogP contribution in [0.2, 0.25) is 0 Å². The van der Waals surface area contributed by atoms with E-state index in [0.717, 1.165) is 12.8 Å². The minimum Gasteiger partial charge on any atom is -0.492 e. The summed E-state index contributed by atoms with van der Waals surface area (Å²) in [6, 6.07) is 16.2. The minimum absolute atomic E-state index is 0.0214. The Morgan fingerprint density at radius 1 is 0.828 bits per heavy atom. The van der Waals surface area contributed by atoms with Gasteiger partial charge in [0, 0.05) is 43.6 Å². The third-order valence-electron chi connectivity index (χ3n) is 12.0. The molecule has 10 N–H and O–H groups in total. The summed E-state index contributed by atoms with van der Waals surface area (Å²) >= 11 is 0. The van der Waals surface area contributed by atoms with Crippen molar-refractivity contribution in [2.75, 3.05) is 46.4 Å². The Bertz CT molecular complexity index is 2160. The molecular formula is C48H65N9O7. The Labute approximate surface area is 376 Å². The summed E-state index contributed by atoms with van der Waals surface area (Å²) in [6.45, 7) is 8.57. The number of nitrogens with zero attached hydrogens (tertiary/aromatic N) is 2. The van der Waals surface area contributed by atoms with Crippen LogP contribution in [-0.2, 0) is 35.8 Å². The lowest BCUT2D eigenvalue weighted by molar-refractivity contribution is -0.143. The highest BCUT2D eigenvalue weighted by Gasteiger charge is 2.37. The zero-order chi connectivity index (χ0) is 46.6. The molecule has 344 valence electrons. The summed E-state index contributed by atoms with van der Waals surface area (Å²) in [6.07, 6.45) is 3.10. The SMILES string of the molecule is C[C@@H]1NC(=O)[C@@H](N(C)C(=O)[C@H](CCN)NC(=O)C2CCC(c3ccc(C(C)(C)C)cc3)CC2)c2ccc(OCCN)c(c2)-c2cc(ccc2OCCN)C[C@@H](C(=O)NCC#N)NC1=O. The number of amides is 5. The number of nitrogens with two attached hydrogens (primary N) is 3. The van der Waals surface area contributed by atoms with Crippen molar-refractivity contribution in [3.05, 3.63) is 82.9 Å². The maximum atomic E-state index is 14.6. The molecule has 64 heavy (non-hydrogen) atoms. The Balaban J connectivity index is 1.49. The lowest BCUT2D eigenvalue weighted by atomic mass is 9.77. The van der Waals surface area contributed by atoms with E-state index in [-0.39, 0.29) is 69.5 Å². The normalized spacial score (nSPS) is 20.6. The van der Waals surface area contributed by atoms with Crippen molar-refractivity contribution in [2.45, 2.75) is 102 Å². The van der Waals surface area contributed by atoms with Gasteiger partial charge < -0.3 is 52.8 Å². The fourth-order valence-corrected chi connectivity index (χ4v) is 8.36. The molecule has 2 aliphatic rings. The third-order valence-corrected chi connectivity index (χ3v) is 12.0. The summed E-state index contributed by atoms with van der Waals surface area (Å²) in [4.78, 5) is 71.4. The number of nitriles is 1. The minimum atomic E-state index is -1.34. The zero-order valence-electron chi connectivity index (χ0n) is 37.7. The van der Waals surface area contributed by atoms with Gasteiger partial charge in [-0.15, -0.1) is 0 Å². The Morgan fingerprint density at radius 3 is 2.03 bits per heavy atom. The van der Waals surface area contributed by atoms with Gasteiger partial charge in [0.2, 0.25) is 29.5 Å². The number of fused-ring (bicyclic) bond motifs is 5. The highest BCUT2D eigenvalue weighted by Crippen LogP contribution is 2.41. The number of nitrogens with one attached hydrogen (secondary N) is 4. The highest BCUT2D eigenvalue weighted by atomic mass is 16.5. The number of hydrogen-bond donors (Lipinski definition) is 7. The van der Waals surface area contributed by atoms with Crippen molar-refractivity contribution in [1.82, 2.24) is 26.2 Å². The number of carbonyl (C=O) groups excluding carboxylic acids is 5. The molecule has 0 saturated heterocycles. The molecule has 16 nitrogen and oxygen atoms in total. The van der Waals surface area contributed by atoms with Crippen LogP contribution in [0.5, 0.6) is 11.5 Å². The molecule has 4 bridgehead atoms. The molecule has 0 unspecified atom stereocenters. The van der Waals surface area contributed by atoms with E-state index in [1.54, 1.807) is 36.4 Å². The topological polar surface area (TPSA) is 257 Å². The third kappa shape index (κ3) is 12.4. The van der Waals surface area contributed by atoms with Gasteiger partial charge in [-0.2, -0.15) is 5.26 Å². The summed E-state index contributed by atoms with van der Waals surface area (Å²) in [5, 5.41) is 20.1. The molecule has 0 radical (unpaired) electrons. The van der Waals surface area contributed by atoms with E-state index in [1.807, 2.05) is 6.07 Å². The molecule has 0 spiro atoms. The van der Waals surface area contributed by atoms with Gasteiger partial charge in [0.05, 0.1) is 6.07 Å². The maximum Gasteiger partial charge on any atom is 0.248 e. The first-order valence-electron chi connectivity index (χ1n) is 22.2. The van der Waals surface area contributed by atoms with E-state index in [2.05, 4.69) is 66.3 Å². The number of benzene rings is 3. The molecule has 1 saturated carbocycles. The quantitative estimate of drug-likeness (QED) is 0.109. The van der Waals surface area contributed by atoms with Crippen molar-refractivity contribution in [3.63, 3.8) is 0 Å². The van der Waals surface area contributed by atoms with Crippen LogP contribution >= 0.6 is 0 Å². The first-order chi connectivity index (χ1) is 30.6. The van der Waals surface area contributed by atoms with Crippen molar-refractivity contribution < 1.29 is 33.4 Å². The summed E-state index contributed by atoms with van der Waals surface area (Å²) in [7, 11) is 1.47. The smallest absolute Gasteiger partial charge is 0.248 e. The van der Waals surface area contributed by atoms with Gasteiger partial charge in [-0.1, -0.05) is 57.2 Å². The number of carbonyl (C=O) groups is 5. The van der Waals surface area contributed by atoms with E-state index in [9.17, 15) is 24.0 Å². The number of likely N-dealkylation sites (N-methyl/N-ethyl adjacent to an activating group) is 1. The fourth-order valence-electron chi connectivity index (χ4n) is 8.36. The first kappa shape index (κ1) is 49.0. The Kier molecular flexibility index (Phi) is 17.3. The summed E-state index contributed by atoms with van der Waals surface area (Å²) < 4.78 is 12.2. The predicted octanol–water partition coefficient (Wildman–Crippen LogP) is 2.82. The van der Waals surface area contributed by atoms with Crippen LogP contribution in [0.4, 0.5) is 0 Å². The summed E-state index contributed by atoms with van der Waals surface area (Å²) in [5.74, 6) is -1.93. The molecule has 1 fully saturated rings. The molecule has 5 rings (SSSR count). The zero-order valence-corrected chi connectivity index (χ0v) is 37.7. The van der Waals surface area contributed by atoms with Crippen LogP contribution in [0.25, 0.3) is 11.1 Å². The largest absolute Gasteiger partial charge is 0.492 e. The van der Waals surface area contributed by atoms with E-state index in [4.69, 9.17) is 31.9 Å². The van der Waals surface area contributed by atoms with Crippen LogP contribution < -0.4 is 47.9 Å². The second kappa shape index (κ2) is 22.6. The molecule has 5 amide bonds. The van der Waals surface area contributed by atoms with E-state index < -0.39 is 47.8 Å². The summed E-state index contributed by atoms with van der Waals surface area (Å²) in [5.41, 5.74) is 22.3. The van der Waals surface area contributed by atoms with Crippen LogP contribution in [-0.4, -0.2) is 99.0 Å². The van der Waals surface area contributed by atoms with Crippen molar-refractivity contribution in [2.24, 2.45) is 23.1 Å². The second-order valence-corrected chi connectivity index (χ2v) is 17.6. The Hall–Kier alpha value is -6.02. The number of hydrogen-bond acceptors (Lipinski definition) is 11. The standard InChI is InChI=1S/C48H65N9O7/c1-29-43(58)56-39(45(60)53-23-20-50)27-30-6-16-40(63-24-21-51)36(26-30)37-28-34(13-17-41(37)64-25-22-52)42(46(61)54-29)57(5)47(62)38(18-19-49)55-44(59)33-9-7-31(8-10-33)32-11-14-35(15-12-32)48(2,3)4/h6,11-17,26,28-29,31,33,38-39,42H,7-10,18-19,21-25,27,49,51-52H2,1-5H3,(H,53,60)(H,54,61)(H,55,59)(H,56,58)/t29-,31?,33?,38-,39-,42-/m0/s1. The monoisotopic (exact) mass is 880 g/mol. The van der Waals surface area contributed by atoms with Gasteiger partial charge in [-0.3, -0.25) is 24.0 Å². The van der Waals surface area contributed by atoms with Crippen LogP contribution in [0.3, 0.4) is 0 Å². The molecule has 1 aliphatic carbocycles. The number of rotatable bonds is 15. The van der Waals surface area contributed by atoms with Gasteiger partial charge in [0.25, 0.3) is 0 Å². The molecule has 3 aromatic rings. The molecule has 0 aromatic heterocycles. The second-order valence-electron chi connectivity index (χ2n) is 17.6. The lowest BCUT2D eigenvalue weighted by Crippen LogP contribution is -2.56. The van der Waals surface area contributed by atoms with E-state index in [1.165, 1.54) is 30.0 Å². The molecule has 4 atom stereocenters. The Morgan fingerprint density at radius 2 is 1.44 bits per heavy atom. The molecule has 1 aliphatic heterocycles. The van der Waals surface area contributed by atoms with Crippen LogP contribution in [0.15, 0.2) is 60.7 Å². The van der Waals surface area contributed by atoms with E-state index in [0.29, 0.717) is 52.5 Å². The average molecular weight is 880 g/mol. The van der Waals surface area contributed by atoms with Gasteiger partial charge in [-0.05, 0) is 103 Å². The van der Waals surface area contributed by atoms with Gasteiger partial charge in [0.1, 0.15) is 55.4 Å². The van der Waals surface area contributed by atoms with Crippen molar-refractivity contribution in [3.8, 4) is 28.7 Å². The fraction of sp³-hybridized carbons (Fsp3) is 0.500. The predicted molar refractivity (Wildman–Crippen MR) is 244 cm³/mol. The van der Waals surface area contributed by atoms with Gasteiger partial charge >= 0.3 is 0 Å². The molecule has 16 heteroatoms. The highest BCUT2D eigenvalue weighted by molar-refractivity contribution is 5.96. The van der Waals surface area contributed by atoms with E-state index >= 15 is 0 Å². The molecule has 1 heterocycles. The van der Waals surface area contributed by atoms with Crippen molar-refractivity contribution >= 4 is 29.5 Å². The lowest BCUT2D eigenvalue weighted by Gasteiger charge is -2.34. The molecular weight excluding hydrogens is 815 g/mol.